The Balaban J connectivity index is 1.98. The van der Waals surface area contributed by atoms with Crippen LogP contribution in [0.4, 0.5) is 0 Å². The highest BCUT2D eigenvalue weighted by Crippen LogP contribution is 2.26. The van der Waals surface area contributed by atoms with Crippen LogP contribution in [-0.4, -0.2) is 22.8 Å². The van der Waals surface area contributed by atoms with E-state index in [1.54, 1.807) is 11.0 Å². The Morgan fingerprint density at radius 2 is 1.95 bits per heavy atom. The van der Waals surface area contributed by atoms with Crippen LogP contribution in [0.2, 0.25) is 0 Å². The summed E-state index contributed by atoms with van der Waals surface area (Å²) in [6.45, 7) is 2.34. The number of carbonyl (C=O) groups is 2. The molecule has 21 heavy (non-hydrogen) atoms. The summed E-state index contributed by atoms with van der Waals surface area (Å²) >= 11 is 1.53. The SMILES string of the molecule is Cc1sccc1C(=O)N1Cc2ccccc2C[C@H]1C(N)=O. The highest BCUT2D eigenvalue weighted by Gasteiger charge is 2.34. The first-order chi connectivity index (χ1) is 10.1. The van der Waals surface area contributed by atoms with Gasteiger partial charge in [0.25, 0.3) is 5.91 Å². The summed E-state index contributed by atoms with van der Waals surface area (Å²) in [5, 5.41) is 1.89. The molecule has 0 saturated heterocycles. The van der Waals surface area contributed by atoms with E-state index >= 15 is 0 Å². The summed E-state index contributed by atoms with van der Waals surface area (Å²) in [7, 11) is 0. The predicted octanol–water partition coefficient (Wildman–Crippen LogP) is 2.11. The Kier molecular flexibility index (Phi) is 3.51. The lowest BCUT2D eigenvalue weighted by atomic mass is 9.93. The Morgan fingerprint density at radius 3 is 2.57 bits per heavy atom. The molecule has 4 nitrogen and oxygen atoms in total. The molecule has 0 radical (unpaired) electrons. The van der Waals surface area contributed by atoms with E-state index in [-0.39, 0.29) is 5.91 Å². The summed E-state index contributed by atoms with van der Waals surface area (Å²) in [5.41, 5.74) is 8.34. The number of thiophene rings is 1. The minimum Gasteiger partial charge on any atom is -0.368 e. The number of fused-ring (bicyclic) bond motifs is 1. The average molecular weight is 300 g/mol. The van der Waals surface area contributed by atoms with Crippen molar-refractivity contribution in [1.82, 2.24) is 4.90 Å². The van der Waals surface area contributed by atoms with Gasteiger partial charge >= 0.3 is 0 Å². The van der Waals surface area contributed by atoms with Crippen LogP contribution in [0.5, 0.6) is 0 Å². The first-order valence-electron chi connectivity index (χ1n) is 6.79. The second kappa shape index (κ2) is 5.33. The number of rotatable bonds is 2. The van der Waals surface area contributed by atoms with Crippen LogP contribution in [0.1, 0.15) is 26.4 Å². The van der Waals surface area contributed by atoms with Crippen molar-refractivity contribution >= 4 is 23.2 Å². The highest BCUT2D eigenvalue weighted by molar-refractivity contribution is 7.10. The Bertz CT molecular complexity index is 708. The van der Waals surface area contributed by atoms with E-state index in [2.05, 4.69) is 0 Å². The van der Waals surface area contributed by atoms with Gasteiger partial charge in [0.15, 0.2) is 0 Å². The van der Waals surface area contributed by atoms with Crippen molar-refractivity contribution in [2.24, 2.45) is 5.73 Å². The maximum atomic E-state index is 12.7. The molecule has 1 aliphatic rings. The molecule has 0 spiro atoms. The zero-order chi connectivity index (χ0) is 15.0. The molecule has 1 aromatic heterocycles. The number of benzene rings is 1. The van der Waals surface area contributed by atoms with Gasteiger partial charge < -0.3 is 10.6 Å². The second-order valence-electron chi connectivity index (χ2n) is 5.21. The molecule has 0 aliphatic carbocycles. The van der Waals surface area contributed by atoms with Gasteiger partial charge in [0.05, 0.1) is 5.56 Å². The van der Waals surface area contributed by atoms with Crippen molar-refractivity contribution in [2.45, 2.75) is 25.9 Å². The van der Waals surface area contributed by atoms with Crippen LogP contribution < -0.4 is 5.73 Å². The first kappa shape index (κ1) is 13.8. The third-order valence-corrected chi connectivity index (χ3v) is 4.77. The zero-order valence-corrected chi connectivity index (χ0v) is 12.5. The van der Waals surface area contributed by atoms with E-state index < -0.39 is 11.9 Å². The van der Waals surface area contributed by atoms with Crippen molar-refractivity contribution in [3.63, 3.8) is 0 Å². The summed E-state index contributed by atoms with van der Waals surface area (Å²) in [6, 6.07) is 9.10. The van der Waals surface area contributed by atoms with Crippen LogP contribution >= 0.6 is 11.3 Å². The molecule has 0 unspecified atom stereocenters. The molecule has 5 heteroatoms. The molecule has 2 aromatic rings. The first-order valence-corrected chi connectivity index (χ1v) is 7.67. The molecular formula is C16H16N2O2S. The van der Waals surface area contributed by atoms with Gasteiger partial charge in [-0.1, -0.05) is 24.3 Å². The number of hydrogen-bond donors (Lipinski definition) is 1. The van der Waals surface area contributed by atoms with Crippen molar-refractivity contribution in [3.05, 3.63) is 57.3 Å². The lowest BCUT2D eigenvalue weighted by Crippen LogP contribution is -2.51. The summed E-state index contributed by atoms with van der Waals surface area (Å²) < 4.78 is 0. The fourth-order valence-electron chi connectivity index (χ4n) is 2.75. The van der Waals surface area contributed by atoms with E-state index in [9.17, 15) is 9.59 Å². The van der Waals surface area contributed by atoms with Crippen molar-refractivity contribution < 1.29 is 9.59 Å². The van der Waals surface area contributed by atoms with Crippen LogP contribution in [0.3, 0.4) is 0 Å². The van der Waals surface area contributed by atoms with Gasteiger partial charge in [-0.05, 0) is 29.5 Å². The number of primary amides is 1. The van der Waals surface area contributed by atoms with Crippen LogP contribution in [0.15, 0.2) is 35.7 Å². The molecule has 108 valence electrons. The topological polar surface area (TPSA) is 63.4 Å². The molecule has 0 fully saturated rings. The summed E-state index contributed by atoms with van der Waals surface area (Å²) in [6.07, 6.45) is 0.487. The molecule has 1 aromatic carbocycles. The van der Waals surface area contributed by atoms with E-state index in [0.29, 0.717) is 18.5 Å². The standard InChI is InChI=1S/C16H16N2O2S/c1-10-13(6-7-21-10)16(20)18-9-12-5-3-2-4-11(12)8-14(18)15(17)19/h2-7,14H,8-9H2,1H3,(H2,17,19)/t14-/m0/s1. The Hall–Kier alpha value is -2.14. The Morgan fingerprint density at radius 1 is 1.24 bits per heavy atom. The van der Waals surface area contributed by atoms with E-state index in [1.165, 1.54) is 11.3 Å². The molecule has 0 saturated carbocycles. The van der Waals surface area contributed by atoms with Crippen molar-refractivity contribution in [2.75, 3.05) is 0 Å². The Labute approximate surface area is 127 Å². The van der Waals surface area contributed by atoms with Crippen LogP contribution in [0, 0.1) is 6.92 Å². The normalized spacial score (nSPS) is 17.4. The summed E-state index contributed by atoms with van der Waals surface area (Å²) in [5.74, 6) is -0.571. The van der Waals surface area contributed by atoms with Crippen molar-refractivity contribution in [3.8, 4) is 0 Å². The monoisotopic (exact) mass is 300 g/mol. The van der Waals surface area contributed by atoms with E-state index in [0.717, 1.165) is 16.0 Å². The van der Waals surface area contributed by atoms with E-state index in [4.69, 9.17) is 5.73 Å². The minimum absolute atomic E-state index is 0.118. The maximum Gasteiger partial charge on any atom is 0.255 e. The summed E-state index contributed by atoms with van der Waals surface area (Å²) in [4.78, 5) is 27.1. The van der Waals surface area contributed by atoms with Gasteiger partial charge in [-0.2, -0.15) is 0 Å². The maximum absolute atomic E-state index is 12.7. The number of nitrogens with zero attached hydrogens (tertiary/aromatic N) is 1. The number of aryl methyl sites for hydroxylation is 1. The number of carbonyl (C=O) groups excluding carboxylic acids is 2. The largest absolute Gasteiger partial charge is 0.368 e. The fraction of sp³-hybridized carbons (Fsp3) is 0.250. The van der Waals surface area contributed by atoms with Gasteiger partial charge in [0, 0.05) is 17.8 Å². The highest BCUT2D eigenvalue weighted by atomic mass is 32.1. The molecule has 1 atom stereocenters. The third-order valence-electron chi connectivity index (χ3n) is 3.93. The molecule has 1 aliphatic heterocycles. The third kappa shape index (κ3) is 2.45. The quantitative estimate of drug-likeness (QED) is 0.923. The molecular weight excluding hydrogens is 284 g/mol. The van der Waals surface area contributed by atoms with Gasteiger partial charge in [0.2, 0.25) is 5.91 Å². The fourth-order valence-corrected chi connectivity index (χ4v) is 3.44. The van der Waals surface area contributed by atoms with Gasteiger partial charge in [-0.15, -0.1) is 11.3 Å². The minimum atomic E-state index is -0.577. The van der Waals surface area contributed by atoms with Crippen LogP contribution in [0.25, 0.3) is 0 Å². The lowest BCUT2D eigenvalue weighted by Gasteiger charge is -2.35. The molecule has 0 bridgehead atoms. The van der Waals surface area contributed by atoms with Gasteiger partial charge in [-0.25, -0.2) is 0 Å². The zero-order valence-electron chi connectivity index (χ0n) is 11.7. The van der Waals surface area contributed by atoms with Crippen LogP contribution in [-0.2, 0) is 17.8 Å². The molecule has 2 N–H and O–H groups in total. The number of amides is 2. The second-order valence-corrected chi connectivity index (χ2v) is 6.33. The number of nitrogens with two attached hydrogens (primary N) is 1. The number of hydrogen-bond acceptors (Lipinski definition) is 3. The lowest BCUT2D eigenvalue weighted by molar-refractivity contribution is -0.122. The predicted molar refractivity (Wildman–Crippen MR) is 82.1 cm³/mol. The molecule has 3 rings (SSSR count). The van der Waals surface area contributed by atoms with Gasteiger partial charge in [0.1, 0.15) is 6.04 Å². The smallest absolute Gasteiger partial charge is 0.255 e. The average Bonchev–Trinajstić information content (AvgIpc) is 2.91. The van der Waals surface area contributed by atoms with Gasteiger partial charge in [-0.3, -0.25) is 9.59 Å². The molecule has 2 amide bonds. The van der Waals surface area contributed by atoms with Crippen molar-refractivity contribution in [1.29, 1.82) is 0 Å². The molecule has 2 heterocycles. The van der Waals surface area contributed by atoms with E-state index in [1.807, 2.05) is 36.6 Å².